The van der Waals surface area contributed by atoms with Crippen LogP contribution in [0.15, 0.2) is 47.3 Å². The molecule has 1 aromatic heterocycles. The molecular weight excluding hydrogens is 404 g/mol. The lowest BCUT2D eigenvalue weighted by Crippen LogP contribution is -2.35. The molecule has 9 heteroatoms. The number of anilines is 1. The molecule has 3 N–H and O–H groups in total. The lowest BCUT2D eigenvalue weighted by Gasteiger charge is -2.32. The monoisotopic (exact) mass is 423 g/mol. The summed E-state index contributed by atoms with van der Waals surface area (Å²) in [5.74, 6) is -1.13. The molecular formula is C22H19F2N5O2. The summed E-state index contributed by atoms with van der Waals surface area (Å²) in [4.78, 5) is 21.1. The number of aryl methyl sites for hydroxylation is 1. The van der Waals surface area contributed by atoms with Crippen LogP contribution in [-0.4, -0.2) is 23.6 Å². The number of benzene rings is 1. The third-order valence-electron chi connectivity index (χ3n) is 5.32. The number of hydrogen-bond donors (Lipinski definition) is 2. The SMILES string of the molecule is Cc1cc(C#N)cnc1C(=O)Nc1ccc(F)c([C@]2(C3CC3)C=C(CF)OC(N)=N2)c1. The van der Waals surface area contributed by atoms with Gasteiger partial charge in [0.15, 0.2) is 0 Å². The summed E-state index contributed by atoms with van der Waals surface area (Å²) in [6.07, 6.45) is 4.33. The first-order valence-corrected chi connectivity index (χ1v) is 9.65. The third kappa shape index (κ3) is 3.84. The van der Waals surface area contributed by atoms with Gasteiger partial charge in [0.2, 0.25) is 0 Å². The summed E-state index contributed by atoms with van der Waals surface area (Å²) in [6.45, 7) is 0.774. The van der Waals surface area contributed by atoms with E-state index in [4.69, 9.17) is 15.7 Å². The average Bonchev–Trinajstić information content (AvgIpc) is 3.60. The Morgan fingerprint density at radius 2 is 2.19 bits per heavy atom. The molecule has 2 heterocycles. The summed E-state index contributed by atoms with van der Waals surface area (Å²) < 4.78 is 33.4. The summed E-state index contributed by atoms with van der Waals surface area (Å²) in [6, 6.07) is 7.41. The van der Waals surface area contributed by atoms with Gasteiger partial charge in [-0.1, -0.05) is 0 Å². The number of nitrogens with zero attached hydrogens (tertiary/aromatic N) is 3. The van der Waals surface area contributed by atoms with Crippen LogP contribution in [0, 0.1) is 30.0 Å². The van der Waals surface area contributed by atoms with Crippen molar-refractivity contribution in [3.05, 3.63) is 70.5 Å². The number of amides is 1. The van der Waals surface area contributed by atoms with Crippen LogP contribution in [0.25, 0.3) is 0 Å². The molecule has 2 aliphatic rings. The van der Waals surface area contributed by atoms with Gasteiger partial charge in [0.05, 0.1) is 5.56 Å². The van der Waals surface area contributed by atoms with E-state index in [2.05, 4.69) is 15.3 Å². The molecule has 158 valence electrons. The highest BCUT2D eigenvalue weighted by Gasteiger charge is 2.49. The van der Waals surface area contributed by atoms with E-state index in [1.165, 1.54) is 30.5 Å². The number of rotatable bonds is 5. The highest BCUT2D eigenvalue weighted by Crippen LogP contribution is 2.52. The van der Waals surface area contributed by atoms with Gasteiger partial charge in [0.1, 0.15) is 35.6 Å². The number of hydrogen-bond acceptors (Lipinski definition) is 6. The van der Waals surface area contributed by atoms with E-state index in [0.29, 0.717) is 16.8 Å². The van der Waals surface area contributed by atoms with Crippen molar-refractivity contribution in [2.75, 3.05) is 12.0 Å². The zero-order valence-electron chi connectivity index (χ0n) is 16.7. The number of nitrogens with two attached hydrogens (primary N) is 1. The van der Waals surface area contributed by atoms with Crippen molar-refractivity contribution < 1.29 is 18.3 Å². The van der Waals surface area contributed by atoms with Crippen molar-refractivity contribution in [2.24, 2.45) is 16.6 Å². The molecule has 1 aliphatic heterocycles. The smallest absolute Gasteiger partial charge is 0.288 e. The molecule has 7 nitrogen and oxygen atoms in total. The number of allylic oxidation sites excluding steroid dienone is 1. The van der Waals surface area contributed by atoms with E-state index in [9.17, 15) is 13.6 Å². The molecule has 1 aliphatic carbocycles. The van der Waals surface area contributed by atoms with Crippen molar-refractivity contribution >= 4 is 17.6 Å². The molecule has 1 aromatic carbocycles. The lowest BCUT2D eigenvalue weighted by atomic mass is 9.83. The number of aromatic nitrogens is 1. The zero-order chi connectivity index (χ0) is 22.2. The number of pyridine rings is 1. The summed E-state index contributed by atoms with van der Waals surface area (Å²) in [7, 11) is 0. The number of amidine groups is 1. The van der Waals surface area contributed by atoms with Crippen LogP contribution >= 0.6 is 0 Å². The maximum atomic E-state index is 14.9. The number of alkyl halides is 1. The Balaban J connectivity index is 1.71. The highest BCUT2D eigenvalue weighted by molar-refractivity contribution is 6.03. The number of carbonyl (C=O) groups is 1. The minimum Gasteiger partial charge on any atom is -0.428 e. The van der Waals surface area contributed by atoms with E-state index in [1.807, 2.05) is 6.07 Å². The standard InChI is InChI=1S/C22H19F2N5O2/c1-12-6-13(10-25)11-27-19(12)20(30)28-15-4-5-18(24)17(7-15)22(14-2-3-14)8-16(9-23)31-21(26)29-22/h4-8,11,14H,2-3,9H2,1H3,(H2,26,29)(H,28,30)/t22-/m1/s1. The number of ether oxygens (including phenoxy) is 1. The van der Waals surface area contributed by atoms with Gasteiger partial charge in [-0.25, -0.2) is 18.8 Å². The molecule has 1 amide bonds. The normalized spacial score (nSPS) is 20.2. The fourth-order valence-electron chi connectivity index (χ4n) is 3.78. The first-order chi connectivity index (χ1) is 14.9. The molecule has 2 aromatic rings. The fraction of sp³-hybridized carbons (Fsp3) is 0.273. The van der Waals surface area contributed by atoms with E-state index >= 15 is 0 Å². The first kappa shape index (κ1) is 20.5. The van der Waals surface area contributed by atoms with Gasteiger partial charge in [-0.3, -0.25) is 4.79 Å². The zero-order valence-corrected chi connectivity index (χ0v) is 16.7. The lowest BCUT2D eigenvalue weighted by molar-refractivity contribution is 0.102. The quantitative estimate of drug-likeness (QED) is 0.765. The van der Waals surface area contributed by atoms with Gasteiger partial charge in [-0.15, -0.1) is 0 Å². The van der Waals surface area contributed by atoms with Gasteiger partial charge in [0.25, 0.3) is 11.9 Å². The third-order valence-corrected chi connectivity index (χ3v) is 5.32. The average molecular weight is 423 g/mol. The van der Waals surface area contributed by atoms with Crippen LogP contribution in [-0.2, 0) is 10.3 Å². The predicted molar refractivity (Wildman–Crippen MR) is 109 cm³/mol. The molecule has 0 saturated heterocycles. The van der Waals surface area contributed by atoms with Crippen LogP contribution in [0.1, 0.15) is 40.0 Å². The molecule has 31 heavy (non-hydrogen) atoms. The molecule has 0 radical (unpaired) electrons. The van der Waals surface area contributed by atoms with Crippen LogP contribution in [0.5, 0.6) is 0 Å². The molecule has 1 saturated carbocycles. The molecule has 1 fully saturated rings. The van der Waals surface area contributed by atoms with Crippen molar-refractivity contribution in [1.29, 1.82) is 5.26 Å². The minimum atomic E-state index is -1.20. The first-order valence-electron chi connectivity index (χ1n) is 9.65. The summed E-state index contributed by atoms with van der Waals surface area (Å²) in [5.41, 5.74) is 6.08. The van der Waals surface area contributed by atoms with Gasteiger partial charge >= 0.3 is 0 Å². The van der Waals surface area contributed by atoms with Crippen molar-refractivity contribution in [3.8, 4) is 6.07 Å². The number of halogens is 2. The predicted octanol–water partition coefficient (Wildman–Crippen LogP) is 3.46. The molecule has 0 spiro atoms. The molecule has 0 bridgehead atoms. The van der Waals surface area contributed by atoms with Gasteiger partial charge in [-0.2, -0.15) is 5.26 Å². The number of nitrogens with one attached hydrogen (secondary N) is 1. The Bertz CT molecular complexity index is 1170. The van der Waals surface area contributed by atoms with Crippen LogP contribution in [0.2, 0.25) is 0 Å². The van der Waals surface area contributed by atoms with E-state index in [1.54, 1.807) is 13.0 Å². The second-order valence-electron chi connectivity index (χ2n) is 7.55. The van der Waals surface area contributed by atoms with Gasteiger partial charge in [-0.05, 0) is 61.6 Å². The van der Waals surface area contributed by atoms with Crippen LogP contribution in [0.4, 0.5) is 14.5 Å². The number of nitriles is 1. The van der Waals surface area contributed by atoms with E-state index < -0.39 is 23.9 Å². The molecule has 0 unspecified atom stereocenters. The van der Waals surface area contributed by atoms with Crippen molar-refractivity contribution in [1.82, 2.24) is 4.98 Å². The van der Waals surface area contributed by atoms with Gasteiger partial charge in [0, 0.05) is 17.4 Å². The van der Waals surface area contributed by atoms with Crippen molar-refractivity contribution in [3.63, 3.8) is 0 Å². The second-order valence-corrected chi connectivity index (χ2v) is 7.55. The summed E-state index contributed by atoms with van der Waals surface area (Å²) in [5, 5.41) is 11.7. The largest absolute Gasteiger partial charge is 0.428 e. The van der Waals surface area contributed by atoms with Crippen LogP contribution < -0.4 is 11.1 Å². The second kappa shape index (κ2) is 7.80. The molecule has 4 rings (SSSR count). The van der Waals surface area contributed by atoms with E-state index in [-0.39, 0.29) is 29.0 Å². The maximum absolute atomic E-state index is 14.9. The minimum absolute atomic E-state index is 0.0226. The van der Waals surface area contributed by atoms with Crippen molar-refractivity contribution in [2.45, 2.75) is 25.3 Å². The summed E-state index contributed by atoms with van der Waals surface area (Å²) >= 11 is 0. The topological polar surface area (TPSA) is 113 Å². The Hall–Kier alpha value is -3.80. The van der Waals surface area contributed by atoms with E-state index in [0.717, 1.165) is 12.8 Å². The highest BCUT2D eigenvalue weighted by atomic mass is 19.1. The number of aliphatic imine (C=N–C) groups is 1. The Morgan fingerprint density at radius 1 is 1.42 bits per heavy atom. The Labute approximate surface area is 177 Å². The Morgan fingerprint density at radius 3 is 2.84 bits per heavy atom. The maximum Gasteiger partial charge on any atom is 0.288 e. The number of carbonyl (C=O) groups excluding carboxylic acids is 1. The molecule has 1 atom stereocenters. The van der Waals surface area contributed by atoms with Crippen LogP contribution in [0.3, 0.4) is 0 Å². The fourth-order valence-corrected chi connectivity index (χ4v) is 3.78. The van der Waals surface area contributed by atoms with Gasteiger partial charge < -0.3 is 15.8 Å². The Kier molecular flexibility index (Phi) is 5.15.